The van der Waals surface area contributed by atoms with Crippen LogP contribution < -0.4 is 5.73 Å². The first-order valence-corrected chi connectivity index (χ1v) is 5.94. The summed E-state index contributed by atoms with van der Waals surface area (Å²) in [5.41, 5.74) is 3.68. The van der Waals surface area contributed by atoms with Crippen LogP contribution in [0.25, 0.3) is 0 Å². The molecule has 6 heteroatoms. The van der Waals surface area contributed by atoms with Crippen LogP contribution in [0.2, 0.25) is 0 Å². The zero-order valence-electron chi connectivity index (χ0n) is 10.9. The van der Waals surface area contributed by atoms with Crippen LogP contribution in [-0.4, -0.2) is 11.6 Å². The van der Waals surface area contributed by atoms with Gasteiger partial charge in [-0.05, 0) is 26.7 Å². The Kier molecular flexibility index (Phi) is 7.30. The first-order chi connectivity index (χ1) is 8.41. The lowest BCUT2D eigenvalue weighted by Gasteiger charge is -2.13. The van der Waals surface area contributed by atoms with Crippen LogP contribution in [-0.2, 0) is 0 Å². The molecule has 1 fully saturated rings. The monoisotopic (exact) mass is 249 g/mol. The van der Waals surface area contributed by atoms with Crippen molar-refractivity contribution in [3.63, 3.8) is 0 Å². The van der Waals surface area contributed by atoms with Crippen LogP contribution in [0, 0.1) is 28.6 Å². The first-order valence-electron chi connectivity index (χ1n) is 5.94. The summed E-state index contributed by atoms with van der Waals surface area (Å²) in [7, 11) is 0. The number of primary amides is 1. The van der Waals surface area contributed by atoms with E-state index >= 15 is 0 Å². The van der Waals surface area contributed by atoms with Gasteiger partial charge in [0.1, 0.15) is 0 Å². The minimum Gasteiger partial charge on any atom is -0.348 e. The maximum Gasteiger partial charge on any atom is 0.356 e. The molecule has 0 aromatic rings. The van der Waals surface area contributed by atoms with E-state index < -0.39 is 11.6 Å². The second-order valence-electron chi connectivity index (χ2n) is 4.67. The molecule has 0 aromatic carbocycles. The molecule has 1 rings (SSSR count). The average molecular weight is 249 g/mol. The lowest BCUT2D eigenvalue weighted by atomic mass is 9.91. The molecule has 0 spiro atoms. The lowest BCUT2D eigenvalue weighted by molar-refractivity contribution is 0.254. The van der Waals surface area contributed by atoms with E-state index in [1.165, 1.54) is 33.1 Å². The van der Waals surface area contributed by atoms with Crippen molar-refractivity contribution >= 4 is 6.03 Å². The second-order valence-corrected chi connectivity index (χ2v) is 4.67. The van der Waals surface area contributed by atoms with Gasteiger partial charge in [0.25, 0.3) is 0 Å². The molecule has 2 N–H and O–H groups in total. The average Bonchev–Trinajstić information content (AvgIpc) is 2.38. The summed E-state index contributed by atoms with van der Waals surface area (Å²) in [5, 5.41) is 23.2. The van der Waals surface area contributed by atoms with E-state index in [2.05, 4.69) is 22.0 Å². The van der Waals surface area contributed by atoms with Crippen molar-refractivity contribution in [1.29, 1.82) is 10.5 Å². The molecule has 1 aliphatic carbocycles. The molecule has 0 atom stereocenters. The van der Waals surface area contributed by atoms with Gasteiger partial charge in [0.15, 0.2) is 5.54 Å². The SMILES string of the molecule is CC(C)(C#N)N=NC(N)=O.N#CC1CCCCC1. The number of carbonyl (C=O) groups excluding carboxylic acids is 1. The van der Waals surface area contributed by atoms with Gasteiger partial charge in [-0.3, -0.25) is 0 Å². The summed E-state index contributed by atoms with van der Waals surface area (Å²) in [6, 6.07) is 3.25. The Morgan fingerprint density at radius 3 is 2.17 bits per heavy atom. The third-order valence-corrected chi connectivity index (χ3v) is 2.46. The van der Waals surface area contributed by atoms with Crippen LogP contribution in [0.4, 0.5) is 4.79 Å². The lowest BCUT2D eigenvalue weighted by Crippen LogP contribution is -2.13. The summed E-state index contributed by atoms with van der Waals surface area (Å²) in [5.74, 6) is 0.392. The minimum atomic E-state index is -0.963. The van der Waals surface area contributed by atoms with Gasteiger partial charge >= 0.3 is 6.03 Å². The molecule has 0 bridgehead atoms. The molecule has 98 valence electrons. The summed E-state index contributed by atoms with van der Waals surface area (Å²) in [6.45, 7) is 3.05. The Labute approximate surface area is 107 Å². The molecule has 18 heavy (non-hydrogen) atoms. The second kappa shape index (κ2) is 8.19. The molecule has 0 heterocycles. The Balaban J connectivity index is 0.000000327. The third-order valence-electron chi connectivity index (χ3n) is 2.46. The first kappa shape index (κ1) is 16.1. The van der Waals surface area contributed by atoms with Crippen molar-refractivity contribution in [3.05, 3.63) is 0 Å². The number of hydrogen-bond acceptors (Lipinski definition) is 4. The molecule has 0 radical (unpaired) electrons. The standard InChI is InChI=1S/C7H11N.C5H8N4O/c8-6-7-4-2-1-3-5-7;1-5(2,3-6)9-8-4(7)10/h7H,1-5H2;1-2H3,(H2,7,10). The van der Waals surface area contributed by atoms with Crippen molar-refractivity contribution in [2.45, 2.75) is 51.5 Å². The Bertz CT molecular complexity index is 369. The maximum atomic E-state index is 10.0. The fourth-order valence-corrected chi connectivity index (χ4v) is 1.43. The van der Waals surface area contributed by atoms with Gasteiger partial charge in [0.05, 0.1) is 12.1 Å². The fourth-order valence-electron chi connectivity index (χ4n) is 1.43. The third kappa shape index (κ3) is 8.23. The largest absolute Gasteiger partial charge is 0.356 e. The number of hydrogen-bond donors (Lipinski definition) is 1. The molecule has 2 amide bonds. The van der Waals surface area contributed by atoms with Crippen molar-refractivity contribution in [2.24, 2.45) is 21.9 Å². The van der Waals surface area contributed by atoms with Crippen LogP contribution in [0.5, 0.6) is 0 Å². The van der Waals surface area contributed by atoms with E-state index in [9.17, 15) is 4.79 Å². The highest BCUT2D eigenvalue weighted by atomic mass is 16.2. The number of nitriles is 2. The molecule has 0 aliphatic heterocycles. The number of nitrogens with two attached hydrogens (primary N) is 1. The number of rotatable bonds is 1. The molecular weight excluding hydrogens is 230 g/mol. The molecule has 1 aliphatic rings. The molecular formula is C12H19N5O. The van der Waals surface area contributed by atoms with Crippen LogP contribution >= 0.6 is 0 Å². The summed E-state index contributed by atoms with van der Waals surface area (Å²) in [4.78, 5) is 10.0. The normalized spacial score (nSPS) is 16.2. The Morgan fingerprint density at radius 2 is 1.83 bits per heavy atom. The number of nitrogens with zero attached hydrogens (tertiary/aromatic N) is 4. The fraction of sp³-hybridized carbons (Fsp3) is 0.750. The van der Waals surface area contributed by atoms with Crippen LogP contribution in [0.15, 0.2) is 10.2 Å². The maximum absolute atomic E-state index is 10.0. The van der Waals surface area contributed by atoms with Crippen molar-refractivity contribution in [2.75, 3.05) is 0 Å². The topological polar surface area (TPSA) is 115 Å². The number of azo groups is 1. The van der Waals surface area contributed by atoms with Gasteiger partial charge in [-0.1, -0.05) is 24.4 Å². The zero-order valence-corrected chi connectivity index (χ0v) is 10.9. The van der Waals surface area contributed by atoms with E-state index in [4.69, 9.17) is 10.5 Å². The van der Waals surface area contributed by atoms with Crippen molar-refractivity contribution in [3.8, 4) is 12.1 Å². The number of amides is 2. The van der Waals surface area contributed by atoms with Crippen LogP contribution in [0.3, 0.4) is 0 Å². The van der Waals surface area contributed by atoms with E-state index in [0.29, 0.717) is 5.92 Å². The summed E-state index contributed by atoms with van der Waals surface area (Å²) >= 11 is 0. The predicted molar refractivity (Wildman–Crippen MR) is 66.3 cm³/mol. The molecule has 6 nitrogen and oxygen atoms in total. The van der Waals surface area contributed by atoms with E-state index in [0.717, 1.165) is 12.8 Å². The van der Waals surface area contributed by atoms with Crippen molar-refractivity contribution in [1.82, 2.24) is 0 Å². The predicted octanol–water partition coefficient (Wildman–Crippen LogP) is 2.91. The van der Waals surface area contributed by atoms with Gasteiger partial charge in [0.2, 0.25) is 0 Å². The highest BCUT2D eigenvalue weighted by Gasteiger charge is 2.14. The quantitative estimate of drug-likeness (QED) is 0.720. The number of carbonyl (C=O) groups is 1. The van der Waals surface area contributed by atoms with Crippen molar-refractivity contribution < 1.29 is 4.79 Å². The highest BCUT2D eigenvalue weighted by Crippen LogP contribution is 2.22. The van der Waals surface area contributed by atoms with Gasteiger partial charge in [-0.25, -0.2) is 4.79 Å². The van der Waals surface area contributed by atoms with E-state index in [1.807, 2.05) is 6.07 Å². The van der Waals surface area contributed by atoms with Gasteiger partial charge in [0, 0.05) is 5.92 Å². The molecule has 0 saturated heterocycles. The zero-order chi connectivity index (χ0) is 14.0. The minimum absolute atomic E-state index is 0.392. The van der Waals surface area contributed by atoms with Gasteiger partial charge in [-0.2, -0.15) is 15.6 Å². The molecule has 1 saturated carbocycles. The van der Waals surface area contributed by atoms with Crippen LogP contribution in [0.1, 0.15) is 46.0 Å². The molecule has 0 aromatic heterocycles. The summed E-state index contributed by atoms with van der Waals surface area (Å²) < 4.78 is 0. The van der Waals surface area contributed by atoms with E-state index in [1.54, 1.807) is 0 Å². The van der Waals surface area contributed by atoms with Gasteiger partial charge < -0.3 is 5.73 Å². The van der Waals surface area contributed by atoms with E-state index in [-0.39, 0.29) is 0 Å². The highest BCUT2D eigenvalue weighted by molar-refractivity contribution is 5.71. The summed E-state index contributed by atoms with van der Waals surface area (Å²) in [6.07, 6.45) is 6.20. The number of urea groups is 1. The Hall–Kier alpha value is -1.95. The van der Waals surface area contributed by atoms with Gasteiger partial charge in [-0.15, -0.1) is 0 Å². The smallest absolute Gasteiger partial charge is 0.348 e. The molecule has 0 unspecified atom stereocenters. The Morgan fingerprint density at radius 1 is 1.28 bits per heavy atom.